The second-order valence-corrected chi connectivity index (χ2v) is 6.85. The van der Waals surface area contributed by atoms with E-state index in [0.29, 0.717) is 5.75 Å². The van der Waals surface area contributed by atoms with Gasteiger partial charge in [-0.2, -0.15) is 0 Å². The normalized spacial score (nSPS) is 16.3. The van der Waals surface area contributed by atoms with Crippen molar-refractivity contribution in [1.82, 2.24) is 9.88 Å². The number of hydrogen-bond acceptors (Lipinski definition) is 3. The minimum atomic E-state index is -0.298. The average Bonchev–Trinajstić information content (AvgIpc) is 2.55. The third kappa shape index (κ3) is 4.81. The standard InChI is InChI=1S/C19H25FN2O.ClH/c1-14(2)4-8-22-9-5-17(6-10-22)23-19-12-15-3-7-21-13-16(15)11-18(19)20;/h3,7,11-14,17H,4-6,8-10H2,1-2H3;1H. The van der Waals surface area contributed by atoms with Crippen LogP contribution in [-0.2, 0) is 0 Å². The molecule has 0 saturated carbocycles. The highest BCUT2D eigenvalue weighted by Gasteiger charge is 2.21. The Kier molecular flexibility index (Phi) is 6.81. The van der Waals surface area contributed by atoms with Gasteiger partial charge in [-0.1, -0.05) is 13.8 Å². The minimum absolute atomic E-state index is 0. The third-order valence-corrected chi connectivity index (χ3v) is 4.54. The predicted molar refractivity (Wildman–Crippen MR) is 98.5 cm³/mol. The fraction of sp³-hybridized carbons (Fsp3) is 0.526. The molecule has 0 aliphatic carbocycles. The minimum Gasteiger partial charge on any atom is -0.487 e. The van der Waals surface area contributed by atoms with E-state index in [-0.39, 0.29) is 24.3 Å². The highest BCUT2D eigenvalue weighted by Crippen LogP contribution is 2.27. The Bertz CT molecular complexity index is 657. The smallest absolute Gasteiger partial charge is 0.165 e. The van der Waals surface area contributed by atoms with Crippen molar-refractivity contribution in [3.05, 3.63) is 36.4 Å². The van der Waals surface area contributed by atoms with Crippen LogP contribution in [0.3, 0.4) is 0 Å². The van der Waals surface area contributed by atoms with Crippen LogP contribution >= 0.6 is 12.4 Å². The quantitative estimate of drug-likeness (QED) is 0.780. The van der Waals surface area contributed by atoms with Crippen LogP contribution in [-0.4, -0.2) is 35.6 Å². The van der Waals surface area contributed by atoms with Gasteiger partial charge in [0.15, 0.2) is 11.6 Å². The predicted octanol–water partition coefficient (Wildman–Crippen LogP) is 4.69. The van der Waals surface area contributed by atoms with E-state index in [4.69, 9.17) is 4.74 Å². The van der Waals surface area contributed by atoms with Gasteiger partial charge in [0.2, 0.25) is 0 Å². The molecule has 1 aliphatic heterocycles. The second-order valence-electron chi connectivity index (χ2n) is 6.85. The van der Waals surface area contributed by atoms with Gasteiger partial charge in [0.1, 0.15) is 6.10 Å². The molecule has 0 spiro atoms. The summed E-state index contributed by atoms with van der Waals surface area (Å²) >= 11 is 0. The zero-order chi connectivity index (χ0) is 16.2. The summed E-state index contributed by atoms with van der Waals surface area (Å²) in [6.45, 7) is 7.75. The van der Waals surface area contributed by atoms with Crippen LogP contribution < -0.4 is 4.74 Å². The molecule has 5 heteroatoms. The van der Waals surface area contributed by atoms with Crippen LogP contribution in [0.25, 0.3) is 10.8 Å². The second kappa shape index (κ2) is 8.63. The molecule has 1 saturated heterocycles. The highest BCUT2D eigenvalue weighted by atomic mass is 35.5. The van der Waals surface area contributed by atoms with Crippen LogP contribution in [0, 0.1) is 11.7 Å². The lowest BCUT2D eigenvalue weighted by Gasteiger charge is -2.32. The number of piperidine rings is 1. The Balaban J connectivity index is 0.00000208. The molecule has 2 heterocycles. The van der Waals surface area contributed by atoms with Crippen molar-refractivity contribution in [1.29, 1.82) is 0 Å². The number of ether oxygens (including phenoxy) is 1. The summed E-state index contributed by atoms with van der Waals surface area (Å²) in [6, 6.07) is 5.18. The number of nitrogens with zero attached hydrogens (tertiary/aromatic N) is 2. The highest BCUT2D eigenvalue weighted by molar-refractivity contribution is 5.85. The topological polar surface area (TPSA) is 25.4 Å². The summed E-state index contributed by atoms with van der Waals surface area (Å²) < 4.78 is 20.1. The van der Waals surface area contributed by atoms with Crippen LogP contribution in [0.4, 0.5) is 4.39 Å². The fourth-order valence-electron chi connectivity index (χ4n) is 3.05. The molecule has 132 valence electrons. The molecule has 0 bridgehead atoms. The maximum atomic E-state index is 14.2. The van der Waals surface area contributed by atoms with Crippen molar-refractivity contribution in [2.24, 2.45) is 5.92 Å². The van der Waals surface area contributed by atoms with Gasteiger partial charge in [0, 0.05) is 30.9 Å². The maximum Gasteiger partial charge on any atom is 0.165 e. The summed E-state index contributed by atoms with van der Waals surface area (Å²) in [5, 5.41) is 1.77. The summed E-state index contributed by atoms with van der Waals surface area (Å²) in [7, 11) is 0. The Hall–Kier alpha value is -1.39. The molecule has 0 N–H and O–H groups in total. The zero-order valence-electron chi connectivity index (χ0n) is 14.4. The Labute approximate surface area is 149 Å². The summed E-state index contributed by atoms with van der Waals surface area (Å²) in [6.07, 6.45) is 6.67. The van der Waals surface area contributed by atoms with E-state index in [1.54, 1.807) is 18.5 Å². The van der Waals surface area contributed by atoms with Crippen molar-refractivity contribution in [3.8, 4) is 5.75 Å². The van der Waals surface area contributed by atoms with Gasteiger partial charge in [0.05, 0.1) is 0 Å². The molecular formula is C19H26ClFN2O. The molecule has 24 heavy (non-hydrogen) atoms. The van der Waals surface area contributed by atoms with Crippen LogP contribution in [0.15, 0.2) is 30.6 Å². The number of aromatic nitrogens is 1. The van der Waals surface area contributed by atoms with Gasteiger partial charge in [-0.25, -0.2) is 4.39 Å². The molecule has 3 nitrogen and oxygen atoms in total. The first kappa shape index (κ1) is 18.9. The maximum absolute atomic E-state index is 14.2. The molecule has 0 atom stereocenters. The average molecular weight is 353 g/mol. The number of hydrogen-bond donors (Lipinski definition) is 0. The van der Waals surface area contributed by atoms with Gasteiger partial charge < -0.3 is 9.64 Å². The Morgan fingerprint density at radius 3 is 2.71 bits per heavy atom. The number of likely N-dealkylation sites (tertiary alicyclic amines) is 1. The lowest BCUT2D eigenvalue weighted by atomic mass is 10.1. The summed E-state index contributed by atoms with van der Waals surface area (Å²) in [4.78, 5) is 6.51. The molecule has 1 aromatic heterocycles. The molecule has 1 aliphatic rings. The van der Waals surface area contributed by atoms with E-state index in [9.17, 15) is 4.39 Å². The Morgan fingerprint density at radius 2 is 2.00 bits per heavy atom. The summed E-state index contributed by atoms with van der Waals surface area (Å²) in [5.41, 5.74) is 0. The van der Waals surface area contributed by atoms with Crippen molar-refractivity contribution < 1.29 is 9.13 Å². The van der Waals surface area contributed by atoms with Crippen molar-refractivity contribution in [3.63, 3.8) is 0 Å². The number of pyridine rings is 1. The monoisotopic (exact) mass is 352 g/mol. The van der Waals surface area contributed by atoms with Crippen molar-refractivity contribution in [2.75, 3.05) is 19.6 Å². The Morgan fingerprint density at radius 1 is 1.25 bits per heavy atom. The van der Waals surface area contributed by atoms with Crippen molar-refractivity contribution in [2.45, 2.75) is 39.2 Å². The number of halogens is 2. The van der Waals surface area contributed by atoms with Gasteiger partial charge in [0.25, 0.3) is 0 Å². The molecule has 1 aromatic carbocycles. The SMILES string of the molecule is CC(C)CCN1CCC(Oc2cc3ccncc3cc2F)CC1.Cl. The largest absolute Gasteiger partial charge is 0.487 e. The lowest BCUT2D eigenvalue weighted by Crippen LogP contribution is -2.39. The molecule has 0 unspecified atom stereocenters. The van der Waals surface area contributed by atoms with Gasteiger partial charge in [-0.15, -0.1) is 12.4 Å². The van der Waals surface area contributed by atoms with E-state index in [2.05, 4.69) is 23.7 Å². The molecule has 1 fully saturated rings. The van der Waals surface area contributed by atoms with Crippen LogP contribution in [0.2, 0.25) is 0 Å². The van der Waals surface area contributed by atoms with Gasteiger partial charge >= 0.3 is 0 Å². The molecule has 0 radical (unpaired) electrons. The first-order valence-corrected chi connectivity index (χ1v) is 8.54. The molecule has 2 aromatic rings. The van der Waals surface area contributed by atoms with E-state index < -0.39 is 0 Å². The zero-order valence-corrected chi connectivity index (χ0v) is 15.2. The van der Waals surface area contributed by atoms with E-state index >= 15 is 0 Å². The molecular weight excluding hydrogens is 327 g/mol. The van der Waals surface area contributed by atoms with Crippen LogP contribution in [0.5, 0.6) is 5.75 Å². The molecule has 3 rings (SSSR count). The molecule has 0 amide bonds. The van der Waals surface area contributed by atoms with E-state index in [1.165, 1.54) is 12.5 Å². The number of benzene rings is 1. The number of fused-ring (bicyclic) bond motifs is 1. The van der Waals surface area contributed by atoms with Gasteiger partial charge in [-0.3, -0.25) is 4.98 Å². The first-order valence-electron chi connectivity index (χ1n) is 8.54. The van der Waals surface area contributed by atoms with E-state index in [0.717, 1.165) is 49.2 Å². The van der Waals surface area contributed by atoms with Gasteiger partial charge in [-0.05, 0) is 55.3 Å². The van der Waals surface area contributed by atoms with Crippen molar-refractivity contribution >= 4 is 23.2 Å². The van der Waals surface area contributed by atoms with Crippen LogP contribution in [0.1, 0.15) is 33.1 Å². The lowest BCUT2D eigenvalue weighted by molar-refractivity contribution is 0.0948. The summed E-state index contributed by atoms with van der Waals surface area (Å²) in [5.74, 6) is 0.808. The number of rotatable bonds is 5. The first-order chi connectivity index (χ1) is 11.1. The third-order valence-electron chi connectivity index (χ3n) is 4.54. The van der Waals surface area contributed by atoms with E-state index in [1.807, 2.05) is 6.07 Å². The fourth-order valence-corrected chi connectivity index (χ4v) is 3.05.